The summed E-state index contributed by atoms with van der Waals surface area (Å²) in [7, 11) is 0. The van der Waals surface area contributed by atoms with Gasteiger partial charge in [-0.2, -0.15) is 0 Å². The number of benzene rings is 2. The van der Waals surface area contributed by atoms with Crippen LogP contribution >= 0.6 is 0 Å². The van der Waals surface area contributed by atoms with Crippen molar-refractivity contribution in [1.82, 2.24) is 0 Å². The molecule has 2 aromatic rings. The maximum absolute atomic E-state index is 12.9. The van der Waals surface area contributed by atoms with Crippen LogP contribution in [-0.4, -0.2) is 38.4 Å². The first kappa shape index (κ1) is 21.8. The molecule has 1 saturated heterocycles. The molecule has 8 nitrogen and oxygen atoms in total. The molecule has 1 N–H and O–H groups in total. The van der Waals surface area contributed by atoms with Crippen molar-refractivity contribution in [1.29, 1.82) is 0 Å². The average molecular weight is 440 g/mol. The van der Waals surface area contributed by atoms with E-state index < -0.39 is 5.92 Å². The van der Waals surface area contributed by atoms with E-state index in [0.29, 0.717) is 54.1 Å². The van der Waals surface area contributed by atoms with Crippen molar-refractivity contribution in [3.8, 4) is 23.0 Å². The van der Waals surface area contributed by atoms with E-state index in [2.05, 4.69) is 5.32 Å². The Labute approximate surface area is 187 Å². The fourth-order valence-electron chi connectivity index (χ4n) is 3.67. The summed E-state index contributed by atoms with van der Waals surface area (Å²) in [5.74, 6) is 1.76. The molecular formula is C24H28N2O6. The maximum Gasteiger partial charge on any atom is 0.231 e. The Morgan fingerprint density at radius 1 is 1.03 bits per heavy atom. The van der Waals surface area contributed by atoms with Crippen LogP contribution in [0, 0.1) is 5.92 Å². The second kappa shape index (κ2) is 9.80. The summed E-state index contributed by atoms with van der Waals surface area (Å²) in [6, 6.07) is 10.7. The molecule has 0 saturated carbocycles. The average Bonchev–Trinajstić information content (AvgIpc) is 3.42. The van der Waals surface area contributed by atoms with Crippen LogP contribution in [0.3, 0.4) is 0 Å². The molecule has 170 valence electrons. The van der Waals surface area contributed by atoms with Crippen LogP contribution < -0.4 is 29.2 Å². The van der Waals surface area contributed by atoms with Crippen molar-refractivity contribution in [3.63, 3.8) is 0 Å². The lowest BCUT2D eigenvalue weighted by Gasteiger charge is -2.17. The minimum Gasteiger partial charge on any atom is -0.490 e. The molecule has 4 rings (SSSR count). The Balaban J connectivity index is 1.43. The van der Waals surface area contributed by atoms with Crippen molar-refractivity contribution < 1.29 is 28.5 Å². The van der Waals surface area contributed by atoms with Crippen molar-refractivity contribution in [2.45, 2.75) is 33.1 Å². The molecule has 2 aliphatic rings. The number of amides is 2. The number of anilines is 2. The predicted octanol–water partition coefficient (Wildman–Crippen LogP) is 3.98. The van der Waals surface area contributed by atoms with Crippen molar-refractivity contribution in [2.24, 2.45) is 5.92 Å². The summed E-state index contributed by atoms with van der Waals surface area (Å²) in [6.07, 6.45) is 1.90. The summed E-state index contributed by atoms with van der Waals surface area (Å²) >= 11 is 0. The topological polar surface area (TPSA) is 86.3 Å². The highest BCUT2D eigenvalue weighted by molar-refractivity contribution is 6.03. The quantitative estimate of drug-likeness (QED) is 0.635. The molecule has 2 amide bonds. The number of carbonyl (C=O) groups excluding carboxylic acids is 2. The van der Waals surface area contributed by atoms with Crippen LogP contribution in [0.15, 0.2) is 36.4 Å². The zero-order valence-corrected chi connectivity index (χ0v) is 18.4. The SMILES string of the molecule is CCCOc1ccc(NC(=O)C2CC(=O)N(c3ccc4c(c3)OCO4)C2)cc1OCCC. The van der Waals surface area contributed by atoms with Crippen LogP contribution in [0.4, 0.5) is 11.4 Å². The van der Waals surface area contributed by atoms with Gasteiger partial charge >= 0.3 is 0 Å². The number of hydrogen-bond donors (Lipinski definition) is 1. The Kier molecular flexibility index (Phi) is 6.68. The van der Waals surface area contributed by atoms with Gasteiger partial charge < -0.3 is 29.2 Å². The summed E-state index contributed by atoms with van der Waals surface area (Å²) < 4.78 is 22.3. The van der Waals surface area contributed by atoms with Gasteiger partial charge in [-0.3, -0.25) is 9.59 Å². The van der Waals surface area contributed by atoms with E-state index >= 15 is 0 Å². The Morgan fingerprint density at radius 2 is 1.78 bits per heavy atom. The molecule has 2 aromatic carbocycles. The van der Waals surface area contributed by atoms with E-state index in [0.717, 1.165) is 12.8 Å². The third-order valence-electron chi connectivity index (χ3n) is 5.30. The highest BCUT2D eigenvalue weighted by atomic mass is 16.7. The number of carbonyl (C=O) groups is 2. The van der Waals surface area contributed by atoms with Crippen LogP contribution in [0.1, 0.15) is 33.1 Å². The normalized spacial score (nSPS) is 16.9. The predicted molar refractivity (Wildman–Crippen MR) is 120 cm³/mol. The minimum atomic E-state index is -0.455. The van der Waals surface area contributed by atoms with E-state index in [4.69, 9.17) is 18.9 Å². The van der Waals surface area contributed by atoms with Gasteiger partial charge in [-0.25, -0.2) is 0 Å². The smallest absolute Gasteiger partial charge is 0.231 e. The molecule has 1 atom stereocenters. The van der Waals surface area contributed by atoms with Gasteiger partial charge in [0.25, 0.3) is 0 Å². The monoisotopic (exact) mass is 440 g/mol. The Morgan fingerprint density at radius 3 is 2.56 bits per heavy atom. The number of rotatable bonds is 9. The lowest BCUT2D eigenvalue weighted by atomic mass is 10.1. The van der Waals surface area contributed by atoms with E-state index in [9.17, 15) is 9.59 Å². The van der Waals surface area contributed by atoms with Crippen LogP contribution in [0.25, 0.3) is 0 Å². The molecule has 1 unspecified atom stereocenters. The van der Waals surface area contributed by atoms with E-state index in [1.165, 1.54) is 0 Å². The Hall–Kier alpha value is -3.42. The van der Waals surface area contributed by atoms with Crippen molar-refractivity contribution in [3.05, 3.63) is 36.4 Å². The van der Waals surface area contributed by atoms with Gasteiger partial charge in [0, 0.05) is 36.5 Å². The standard InChI is InChI=1S/C24H28N2O6/c1-3-9-29-19-7-5-17(12-21(19)30-10-4-2)25-24(28)16-11-23(27)26(14-16)18-6-8-20-22(13-18)32-15-31-20/h5-8,12-13,16H,3-4,9-11,14-15H2,1-2H3,(H,25,28). The molecule has 32 heavy (non-hydrogen) atoms. The zero-order valence-electron chi connectivity index (χ0n) is 18.4. The molecule has 0 radical (unpaired) electrons. The number of ether oxygens (including phenoxy) is 4. The van der Waals surface area contributed by atoms with Crippen LogP contribution in [0.5, 0.6) is 23.0 Å². The van der Waals surface area contributed by atoms with E-state index in [1.54, 1.807) is 41.3 Å². The molecule has 8 heteroatoms. The second-order valence-corrected chi connectivity index (χ2v) is 7.79. The first-order valence-corrected chi connectivity index (χ1v) is 11.0. The van der Waals surface area contributed by atoms with Gasteiger partial charge in [-0.05, 0) is 37.1 Å². The highest BCUT2D eigenvalue weighted by Gasteiger charge is 2.35. The second-order valence-electron chi connectivity index (χ2n) is 7.79. The van der Waals surface area contributed by atoms with Crippen molar-refractivity contribution >= 4 is 23.2 Å². The molecule has 2 heterocycles. The Bertz CT molecular complexity index is 992. The van der Waals surface area contributed by atoms with E-state index in [-0.39, 0.29) is 25.0 Å². The van der Waals surface area contributed by atoms with Gasteiger partial charge in [0.15, 0.2) is 23.0 Å². The van der Waals surface area contributed by atoms with Gasteiger partial charge in [-0.15, -0.1) is 0 Å². The van der Waals surface area contributed by atoms with Gasteiger partial charge in [0.05, 0.1) is 19.1 Å². The van der Waals surface area contributed by atoms with Crippen molar-refractivity contribution in [2.75, 3.05) is 36.8 Å². The molecule has 0 aliphatic carbocycles. The molecule has 2 aliphatic heterocycles. The molecular weight excluding hydrogens is 412 g/mol. The molecule has 0 bridgehead atoms. The first-order chi connectivity index (χ1) is 15.6. The first-order valence-electron chi connectivity index (χ1n) is 11.0. The van der Waals surface area contributed by atoms with Crippen LogP contribution in [-0.2, 0) is 9.59 Å². The summed E-state index contributed by atoms with van der Waals surface area (Å²) in [5, 5.41) is 2.92. The number of hydrogen-bond acceptors (Lipinski definition) is 6. The van der Waals surface area contributed by atoms with Crippen LogP contribution in [0.2, 0.25) is 0 Å². The maximum atomic E-state index is 12.9. The van der Waals surface area contributed by atoms with Gasteiger partial charge in [-0.1, -0.05) is 13.8 Å². The molecule has 0 spiro atoms. The van der Waals surface area contributed by atoms with Gasteiger partial charge in [0.2, 0.25) is 18.6 Å². The number of nitrogens with zero attached hydrogens (tertiary/aromatic N) is 1. The summed E-state index contributed by atoms with van der Waals surface area (Å²) in [6.45, 7) is 5.69. The fourth-order valence-corrected chi connectivity index (χ4v) is 3.67. The largest absolute Gasteiger partial charge is 0.490 e. The molecule has 0 aromatic heterocycles. The zero-order chi connectivity index (χ0) is 22.5. The third kappa shape index (κ3) is 4.74. The summed E-state index contributed by atoms with van der Waals surface area (Å²) in [4.78, 5) is 27.1. The lowest BCUT2D eigenvalue weighted by molar-refractivity contribution is -0.122. The van der Waals surface area contributed by atoms with Gasteiger partial charge in [0.1, 0.15) is 0 Å². The number of nitrogens with one attached hydrogen (secondary N) is 1. The highest BCUT2D eigenvalue weighted by Crippen LogP contribution is 2.37. The summed E-state index contributed by atoms with van der Waals surface area (Å²) in [5.41, 5.74) is 1.31. The third-order valence-corrected chi connectivity index (χ3v) is 5.30. The number of fused-ring (bicyclic) bond motifs is 1. The fraction of sp³-hybridized carbons (Fsp3) is 0.417. The minimum absolute atomic E-state index is 0.0979. The lowest BCUT2D eigenvalue weighted by Crippen LogP contribution is -2.28. The molecule has 1 fully saturated rings. The van der Waals surface area contributed by atoms with E-state index in [1.807, 2.05) is 13.8 Å².